The van der Waals surface area contributed by atoms with E-state index < -0.39 is 0 Å². The normalized spacial score (nSPS) is 10.9. The van der Waals surface area contributed by atoms with E-state index in [1.165, 1.54) is 0 Å². The van der Waals surface area contributed by atoms with E-state index in [0.717, 1.165) is 22.8 Å². The van der Waals surface area contributed by atoms with Gasteiger partial charge in [-0.2, -0.15) is 5.10 Å². The van der Waals surface area contributed by atoms with Gasteiger partial charge in [-0.05, 0) is 24.6 Å². The summed E-state index contributed by atoms with van der Waals surface area (Å²) in [5.74, 6) is 2.14. The van der Waals surface area contributed by atoms with Gasteiger partial charge in [0.2, 0.25) is 0 Å². The Morgan fingerprint density at radius 2 is 1.95 bits per heavy atom. The van der Waals surface area contributed by atoms with Crippen molar-refractivity contribution in [1.82, 2.24) is 29.5 Å². The SMILES string of the molecule is Cc1nnc(-c2cnn(C)c2N)n1Cc1ccncc1. The van der Waals surface area contributed by atoms with E-state index in [1.54, 1.807) is 30.3 Å². The number of aromatic nitrogens is 6. The molecule has 7 heteroatoms. The average Bonchev–Trinajstić information content (AvgIpc) is 2.97. The van der Waals surface area contributed by atoms with E-state index in [4.69, 9.17) is 5.73 Å². The van der Waals surface area contributed by atoms with Crippen LogP contribution >= 0.6 is 0 Å². The van der Waals surface area contributed by atoms with E-state index in [9.17, 15) is 0 Å². The first-order chi connectivity index (χ1) is 9.66. The average molecular weight is 269 g/mol. The molecule has 0 atom stereocenters. The van der Waals surface area contributed by atoms with Gasteiger partial charge < -0.3 is 10.3 Å². The maximum atomic E-state index is 6.02. The first kappa shape index (κ1) is 12.3. The van der Waals surface area contributed by atoms with Gasteiger partial charge in [0.15, 0.2) is 5.82 Å². The minimum Gasteiger partial charge on any atom is -0.383 e. The molecule has 0 saturated heterocycles. The Bertz CT molecular complexity index is 727. The Morgan fingerprint density at radius 3 is 2.60 bits per heavy atom. The lowest BCUT2D eigenvalue weighted by Crippen LogP contribution is -2.06. The van der Waals surface area contributed by atoms with E-state index in [-0.39, 0.29) is 0 Å². The maximum Gasteiger partial charge on any atom is 0.169 e. The molecule has 0 radical (unpaired) electrons. The van der Waals surface area contributed by atoms with E-state index in [1.807, 2.05) is 23.6 Å². The van der Waals surface area contributed by atoms with Crippen LogP contribution in [0.2, 0.25) is 0 Å². The highest BCUT2D eigenvalue weighted by atomic mass is 15.3. The van der Waals surface area contributed by atoms with Crippen LogP contribution in [0.15, 0.2) is 30.7 Å². The van der Waals surface area contributed by atoms with Gasteiger partial charge in [-0.1, -0.05) is 0 Å². The van der Waals surface area contributed by atoms with E-state index in [2.05, 4.69) is 20.3 Å². The van der Waals surface area contributed by atoms with E-state index >= 15 is 0 Å². The van der Waals surface area contributed by atoms with Crippen molar-refractivity contribution in [1.29, 1.82) is 0 Å². The highest BCUT2D eigenvalue weighted by Gasteiger charge is 2.16. The second kappa shape index (κ2) is 4.76. The van der Waals surface area contributed by atoms with Gasteiger partial charge in [-0.15, -0.1) is 10.2 Å². The summed E-state index contributed by atoms with van der Waals surface area (Å²) in [6, 6.07) is 3.94. The number of nitrogens with zero attached hydrogens (tertiary/aromatic N) is 6. The summed E-state index contributed by atoms with van der Waals surface area (Å²) in [7, 11) is 1.80. The molecule has 2 N–H and O–H groups in total. The van der Waals surface area contributed by atoms with Crippen molar-refractivity contribution in [3.8, 4) is 11.4 Å². The number of hydrogen-bond donors (Lipinski definition) is 1. The number of hydrogen-bond acceptors (Lipinski definition) is 5. The number of aryl methyl sites for hydroxylation is 2. The molecule has 0 aromatic carbocycles. The van der Waals surface area contributed by atoms with Crippen LogP contribution < -0.4 is 5.73 Å². The number of rotatable bonds is 3. The van der Waals surface area contributed by atoms with Crippen molar-refractivity contribution in [3.63, 3.8) is 0 Å². The number of nitrogens with two attached hydrogens (primary N) is 1. The zero-order valence-electron chi connectivity index (χ0n) is 11.4. The quantitative estimate of drug-likeness (QED) is 0.766. The first-order valence-electron chi connectivity index (χ1n) is 6.23. The molecule has 0 aliphatic heterocycles. The minimum absolute atomic E-state index is 0.577. The van der Waals surface area contributed by atoms with Crippen LogP contribution in [0.1, 0.15) is 11.4 Å². The van der Waals surface area contributed by atoms with Gasteiger partial charge in [-0.25, -0.2) is 0 Å². The molecule has 102 valence electrons. The van der Waals surface area contributed by atoms with Gasteiger partial charge in [0.05, 0.1) is 18.3 Å². The molecule has 3 rings (SSSR count). The number of anilines is 1. The van der Waals surface area contributed by atoms with Crippen molar-refractivity contribution < 1.29 is 0 Å². The number of pyridine rings is 1. The molecule has 0 aliphatic carbocycles. The molecular formula is C13H15N7. The van der Waals surface area contributed by atoms with Crippen molar-refractivity contribution in [2.24, 2.45) is 7.05 Å². The molecule has 0 aliphatic rings. The topological polar surface area (TPSA) is 87.4 Å². The van der Waals surface area contributed by atoms with Gasteiger partial charge in [0.1, 0.15) is 11.6 Å². The summed E-state index contributed by atoms with van der Waals surface area (Å²) in [6.45, 7) is 2.59. The first-order valence-corrected chi connectivity index (χ1v) is 6.23. The predicted molar refractivity (Wildman–Crippen MR) is 74.7 cm³/mol. The standard InChI is InChI=1S/C13H15N7/c1-9-17-18-13(11-7-16-19(2)12(11)14)20(9)8-10-3-5-15-6-4-10/h3-7H,8,14H2,1-2H3. The van der Waals surface area contributed by atoms with Crippen molar-refractivity contribution in [2.75, 3.05) is 5.73 Å². The maximum absolute atomic E-state index is 6.02. The van der Waals surface area contributed by atoms with Gasteiger partial charge in [-0.3, -0.25) is 9.67 Å². The molecule has 20 heavy (non-hydrogen) atoms. The molecule has 0 saturated carbocycles. The molecule has 3 aromatic rings. The monoisotopic (exact) mass is 269 g/mol. The van der Waals surface area contributed by atoms with Crippen molar-refractivity contribution in [2.45, 2.75) is 13.5 Å². The van der Waals surface area contributed by atoms with Crippen LogP contribution in [0, 0.1) is 6.92 Å². The Kier molecular flexibility index (Phi) is 2.94. The predicted octanol–water partition coefficient (Wildman–Crippen LogP) is 1.01. The van der Waals surface area contributed by atoms with Crippen LogP contribution in [0.3, 0.4) is 0 Å². The molecular weight excluding hydrogens is 254 g/mol. The Hall–Kier alpha value is -2.70. The number of nitrogen functional groups attached to an aromatic ring is 1. The molecule has 0 unspecified atom stereocenters. The zero-order valence-corrected chi connectivity index (χ0v) is 11.4. The third kappa shape index (κ3) is 2.03. The molecule has 0 spiro atoms. The summed E-state index contributed by atoms with van der Waals surface area (Å²) in [4.78, 5) is 4.02. The highest BCUT2D eigenvalue weighted by molar-refractivity contribution is 5.68. The van der Waals surface area contributed by atoms with E-state index in [0.29, 0.717) is 12.4 Å². The second-order valence-corrected chi connectivity index (χ2v) is 4.58. The Morgan fingerprint density at radius 1 is 1.20 bits per heavy atom. The lowest BCUT2D eigenvalue weighted by Gasteiger charge is -2.08. The van der Waals surface area contributed by atoms with Crippen molar-refractivity contribution >= 4 is 5.82 Å². The summed E-state index contributed by atoms with van der Waals surface area (Å²) >= 11 is 0. The molecule has 3 aromatic heterocycles. The highest BCUT2D eigenvalue weighted by Crippen LogP contribution is 2.24. The van der Waals surface area contributed by atoms with Gasteiger partial charge in [0.25, 0.3) is 0 Å². The zero-order chi connectivity index (χ0) is 14.1. The third-order valence-electron chi connectivity index (χ3n) is 3.25. The summed E-state index contributed by atoms with van der Waals surface area (Å²) < 4.78 is 3.64. The summed E-state index contributed by atoms with van der Waals surface area (Å²) in [6.07, 6.45) is 5.25. The largest absolute Gasteiger partial charge is 0.383 e. The van der Waals surface area contributed by atoms with Gasteiger partial charge in [0, 0.05) is 19.4 Å². The van der Waals surface area contributed by atoms with Gasteiger partial charge >= 0.3 is 0 Å². The third-order valence-corrected chi connectivity index (χ3v) is 3.25. The fourth-order valence-corrected chi connectivity index (χ4v) is 2.06. The molecule has 0 fully saturated rings. The van der Waals surface area contributed by atoms with Crippen LogP contribution in [0.5, 0.6) is 0 Å². The Balaban J connectivity index is 2.04. The lowest BCUT2D eigenvalue weighted by molar-refractivity contribution is 0.766. The van der Waals surface area contributed by atoms with Crippen molar-refractivity contribution in [3.05, 3.63) is 42.1 Å². The molecule has 3 heterocycles. The van der Waals surface area contributed by atoms with Crippen LogP contribution in [0.25, 0.3) is 11.4 Å². The molecule has 7 nitrogen and oxygen atoms in total. The fraction of sp³-hybridized carbons (Fsp3) is 0.231. The van der Waals surface area contributed by atoms with Crippen LogP contribution in [0.4, 0.5) is 5.82 Å². The summed E-state index contributed by atoms with van der Waals surface area (Å²) in [5.41, 5.74) is 7.94. The smallest absolute Gasteiger partial charge is 0.169 e. The minimum atomic E-state index is 0.577. The van der Waals surface area contributed by atoms with Crippen LogP contribution in [-0.4, -0.2) is 29.5 Å². The lowest BCUT2D eigenvalue weighted by atomic mass is 10.2. The van der Waals surface area contributed by atoms with Crippen LogP contribution in [-0.2, 0) is 13.6 Å². The molecule has 0 amide bonds. The second-order valence-electron chi connectivity index (χ2n) is 4.58. The Labute approximate surface area is 116 Å². The fourth-order valence-electron chi connectivity index (χ4n) is 2.06. The molecule has 0 bridgehead atoms. The summed E-state index contributed by atoms with van der Waals surface area (Å²) in [5, 5.41) is 12.5.